The van der Waals surface area contributed by atoms with Gasteiger partial charge in [0.15, 0.2) is 0 Å². The van der Waals surface area contributed by atoms with E-state index in [-0.39, 0.29) is 6.61 Å². The van der Waals surface area contributed by atoms with Gasteiger partial charge in [-0.25, -0.2) is 8.18 Å². The average molecular weight is 223 g/mol. The SMILES string of the molecule is CCOP(=O)(OF)OBr. The van der Waals surface area contributed by atoms with E-state index in [2.05, 4.69) is 29.1 Å². The van der Waals surface area contributed by atoms with E-state index in [1.807, 2.05) is 0 Å². The Morgan fingerprint density at radius 1 is 1.78 bits per heavy atom. The molecule has 0 saturated heterocycles. The molecule has 9 heavy (non-hydrogen) atoms. The number of phosphoric acid groups is 1. The lowest BCUT2D eigenvalue weighted by atomic mass is 10.9. The lowest BCUT2D eigenvalue weighted by Gasteiger charge is -2.04. The molecule has 1 unspecified atom stereocenters. The lowest BCUT2D eigenvalue weighted by molar-refractivity contribution is -0.0415. The van der Waals surface area contributed by atoms with Gasteiger partial charge in [-0.05, 0) is 11.4 Å². The molecule has 0 N–H and O–H groups in total. The Balaban J connectivity index is 3.78. The van der Waals surface area contributed by atoms with Crippen LogP contribution in [0, 0.1) is 0 Å². The molecule has 0 rings (SSSR count). The summed E-state index contributed by atoms with van der Waals surface area (Å²) in [6.45, 7) is 1.57. The summed E-state index contributed by atoms with van der Waals surface area (Å²) < 4.78 is 32.6. The zero-order valence-corrected chi connectivity index (χ0v) is 7.02. The van der Waals surface area contributed by atoms with Crippen molar-refractivity contribution >= 4 is 24.1 Å². The van der Waals surface area contributed by atoms with Crippen LogP contribution in [0.2, 0.25) is 0 Å². The Bertz CT molecular complexity index is 111. The molecule has 0 aliphatic carbocycles. The van der Waals surface area contributed by atoms with Crippen LogP contribution in [0.15, 0.2) is 0 Å². The minimum atomic E-state index is -3.93. The summed E-state index contributed by atoms with van der Waals surface area (Å²) in [5.74, 6) is 0. The predicted molar refractivity (Wildman–Crippen MR) is 31.4 cm³/mol. The number of hydrogen-bond acceptors (Lipinski definition) is 4. The fraction of sp³-hybridized carbons (Fsp3) is 1.00. The fourth-order valence-corrected chi connectivity index (χ4v) is 1.01. The maximum absolute atomic E-state index is 11.2. The van der Waals surface area contributed by atoms with Gasteiger partial charge < -0.3 is 0 Å². The van der Waals surface area contributed by atoms with Gasteiger partial charge in [0.1, 0.15) is 16.3 Å². The van der Waals surface area contributed by atoms with Crippen molar-refractivity contribution in [1.82, 2.24) is 0 Å². The number of hydrogen-bond donors (Lipinski definition) is 0. The van der Waals surface area contributed by atoms with Gasteiger partial charge in [-0.1, -0.05) is 4.73 Å². The van der Waals surface area contributed by atoms with Crippen LogP contribution in [-0.2, 0) is 17.4 Å². The number of rotatable bonds is 4. The molecular weight excluding hydrogens is 218 g/mol. The minimum Gasteiger partial charge on any atom is -0.285 e. The molecule has 0 spiro atoms. The van der Waals surface area contributed by atoms with Crippen LogP contribution in [0.4, 0.5) is 4.53 Å². The Morgan fingerprint density at radius 3 is 2.44 bits per heavy atom. The standard InChI is InChI=1S/C2H5BrFO4P/c1-2-6-9(5,7-3)8-4/h2H2,1H3. The molecule has 0 bridgehead atoms. The predicted octanol–water partition coefficient (Wildman–Crippen LogP) is 2.36. The molecule has 0 heterocycles. The second kappa shape index (κ2) is 4.35. The molecule has 0 aromatic carbocycles. The van der Waals surface area contributed by atoms with E-state index in [4.69, 9.17) is 0 Å². The third-order valence-corrected chi connectivity index (χ3v) is 2.43. The van der Waals surface area contributed by atoms with Crippen molar-refractivity contribution in [3.63, 3.8) is 0 Å². The van der Waals surface area contributed by atoms with E-state index < -0.39 is 7.82 Å². The van der Waals surface area contributed by atoms with Gasteiger partial charge in [0, 0.05) is 0 Å². The van der Waals surface area contributed by atoms with Crippen molar-refractivity contribution in [3.8, 4) is 0 Å². The Morgan fingerprint density at radius 2 is 2.33 bits per heavy atom. The van der Waals surface area contributed by atoms with Crippen molar-refractivity contribution in [3.05, 3.63) is 0 Å². The summed E-state index contributed by atoms with van der Waals surface area (Å²) in [5, 5.41) is 0. The molecule has 4 nitrogen and oxygen atoms in total. The second-order valence-electron chi connectivity index (χ2n) is 1.00. The molecule has 0 aromatic rings. The third kappa shape index (κ3) is 3.27. The van der Waals surface area contributed by atoms with Crippen molar-refractivity contribution in [2.45, 2.75) is 6.92 Å². The summed E-state index contributed by atoms with van der Waals surface area (Å²) in [7, 11) is -3.93. The van der Waals surface area contributed by atoms with Crippen LogP contribution in [0.3, 0.4) is 0 Å². The van der Waals surface area contributed by atoms with Crippen LogP contribution in [0.5, 0.6) is 0 Å². The zero-order valence-electron chi connectivity index (χ0n) is 4.54. The molecule has 0 radical (unpaired) electrons. The van der Waals surface area contributed by atoms with Gasteiger partial charge in [0.25, 0.3) is 0 Å². The molecule has 0 aliphatic heterocycles. The Hall–Kier alpha value is 0.520. The molecule has 0 aromatic heterocycles. The molecule has 1 atom stereocenters. The van der Waals surface area contributed by atoms with Crippen molar-refractivity contribution in [1.29, 1.82) is 0 Å². The van der Waals surface area contributed by atoms with Crippen molar-refractivity contribution in [2.24, 2.45) is 0 Å². The monoisotopic (exact) mass is 222 g/mol. The summed E-state index contributed by atoms with van der Waals surface area (Å²) in [5.41, 5.74) is 0. The van der Waals surface area contributed by atoms with Crippen LogP contribution >= 0.6 is 24.1 Å². The first kappa shape index (κ1) is 9.52. The van der Waals surface area contributed by atoms with Crippen molar-refractivity contribution in [2.75, 3.05) is 6.61 Å². The molecule has 56 valence electrons. The highest BCUT2D eigenvalue weighted by Crippen LogP contribution is 2.51. The highest BCUT2D eigenvalue weighted by molar-refractivity contribution is 9.06. The van der Waals surface area contributed by atoms with Gasteiger partial charge >= 0.3 is 7.82 Å². The first-order valence-corrected chi connectivity index (χ1v) is 4.14. The first-order valence-electron chi connectivity index (χ1n) is 2.03. The largest absolute Gasteiger partial charge is 0.517 e. The van der Waals surface area contributed by atoms with E-state index in [1.54, 1.807) is 0 Å². The lowest BCUT2D eigenvalue weighted by Crippen LogP contribution is -1.88. The van der Waals surface area contributed by atoms with Crippen LogP contribution < -0.4 is 0 Å². The molecular formula is C2H5BrFO4P. The van der Waals surface area contributed by atoms with Crippen LogP contribution in [0.25, 0.3) is 0 Å². The minimum absolute atomic E-state index is 0.0484. The summed E-state index contributed by atoms with van der Waals surface area (Å²) in [6, 6.07) is 0. The average Bonchev–Trinajstić information content (AvgIpc) is 1.89. The van der Waals surface area contributed by atoms with Crippen LogP contribution in [0.1, 0.15) is 6.92 Å². The van der Waals surface area contributed by atoms with Crippen molar-refractivity contribution < 1.29 is 22.0 Å². The van der Waals surface area contributed by atoms with E-state index in [1.165, 1.54) is 6.92 Å². The molecule has 0 saturated carbocycles. The van der Waals surface area contributed by atoms with Gasteiger partial charge in [-0.3, -0.25) is 4.52 Å². The Kier molecular flexibility index (Phi) is 4.61. The maximum Gasteiger partial charge on any atom is 0.517 e. The maximum atomic E-state index is 11.2. The van der Waals surface area contributed by atoms with Gasteiger partial charge in [-0.2, -0.15) is 0 Å². The summed E-state index contributed by atoms with van der Waals surface area (Å²) >= 11 is 2.28. The van der Waals surface area contributed by atoms with E-state index in [0.29, 0.717) is 0 Å². The van der Waals surface area contributed by atoms with Gasteiger partial charge in [-0.15, -0.1) is 0 Å². The molecule has 7 heteroatoms. The third-order valence-electron chi connectivity index (χ3n) is 0.456. The van der Waals surface area contributed by atoms with E-state index >= 15 is 0 Å². The second-order valence-corrected chi connectivity index (χ2v) is 3.30. The first-order chi connectivity index (χ1) is 4.18. The highest BCUT2D eigenvalue weighted by atomic mass is 79.9. The fourth-order valence-electron chi connectivity index (χ4n) is 0.209. The Labute approximate surface area is 60.3 Å². The molecule has 0 fully saturated rings. The molecule has 0 aliphatic rings. The van der Waals surface area contributed by atoms with E-state index in [9.17, 15) is 9.09 Å². The van der Waals surface area contributed by atoms with Crippen LogP contribution in [-0.4, -0.2) is 6.61 Å². The smallest absolute Gasteiger partial charge is 0.285 e. The normalized spacial score (nSPS) is 17.2. The summed E-state index contributed by atoms with van der Waals surface area (Å²) in [4.78, 5) is 0. The summed E-state index contributed by atoms with van der Waals surface area (Å²) in [6.07, 6.45) is 0. The zero-order chi connectivity index (χ0) is 7.33. The highest BCUT2D eigenvalue weighted by Gasteiger charge is 2.26. The van der Waals surface area contributed by atoms with E-state index in [0.717, 1.165) is 0 Å². The number of halogens is 2. The van der Waals surface area contributed by atoms with Gasteiger partial charge in [0.2, 0.25) is 0 Å². The molecule has 0 amide bonds. The quantitative estimate of drug-likeness (QED) is 0.686. The van der Waals surface area contributed by atoms with Gasteiger partial charge in [0.05, 0.1) is 6.61 Å². The topological polar surface area (TPSA) is 44.8 Å².